The molecular formula is C14H19N3S3. The lowest BCUT2D eigenvalue weighted by atomic mass is 10.2. The van der Waals surface area contributed by atoms with Crippen LogP contribution in [-0.2, 0) is 0 Å². The minimum Gasteiger partial charge on any atom is -0.370 e. The van der Waals surface area contributed by atoms with Gasteiger partial charge in [0.15, 0.2) is 0 Å². The van der Waals surface area contributed by atoms with E-state index in [-0.39, 0.29) is 0 Å². The topological polar surface area (TPSA) is 37.8 Å². The molecule has 2 atom stereocenters. The van der Waals surface area contributed by atoms with Gasteiger partial charge in [-0.05, 0) is 24.8 Å². The smallest absolute Gasteiger partial charge is 0.146 e. The normalized spacial score (nSPS) is 23.1. The lowest BCUT2D eigenvalue weighted by molar-refractivity contribution is 0.755. The third kappa shape index (κ3) is 2.78. The summed E-state index contributed by atoms with van der Waals surface area (Å²) in [5.74, 6) is 4.47. The Labute approximate surface area is 132 Å². The fourth-order valence-corrected chi connectivity index (χ4v) is 6.21. The number of hydrogen-bond acceptors (Lipinski definition) is 6. The van der Waals surface area contributed by atoms with Crippen molar-refractivity contribution in [1.82, 2.24) is 9.97 Å². The quantitative estimate of drug-likeness (QED) is 0.900. The molecule has 1 fully saturated rings. The van der Waals surface area contributed by atoms with Gasteiger partial charge in [0, 0.05) is 23.3 Å². The molecule has 6 heteroatoms. The van der Waals surface area contributed by atoms with E-state index in [4.69, 9.17) is 9.97 Å². The second-order valence-electron chi connectivity index (χ2n) is 4.71. The summed E-state index contributed by atoms with van der Waals surface area (Å²) < 4.78 is 0. The molecule has 0 aliphatic carbocycles. The fraction of sp³-hybridized carbons (Fsp3) is 0.571. The van der Waals surface area contributed by atoms with E-state index in [0.717, 1.165) is 28.4 Å². The van der Waals surface area contributed by atoms with E-state index in [2.05, 4.69) is 42.4 Å². The Bertz CT molecular complexity index is 584. The summed E-state index contributed by atoms with van der Waals surface area (Å²) in [6.07, 6.45) is 1.19. The highest BCUT2D eigenvalue weighted by molar-refractivity contribution is 8.06. The lowest BCUT2D eigenvalue weighted by Crippen LogP contribution is -2.20. The molecule has 20 heavy (non-hydrogen) atoms. The maximum absolute atomic E-state index is 4.84. The van der Waals surface area contributed by atoms with Crippen molar-refractivity contribution >= 4 is 50.9 Å². The zero-order chi connectivity index (χ0) is 13.9. The van der Waals surface area contributed by atoms with E-state index in [1.807, 2.05) is 11.8 Å². The van der Waals surface area contributed by atoms with Crippen molar-refractivity contribution < 1.29 is 0 Å². The van der Waals surface area contributed by atoms with Gasteiger partial charge < -0.3 is 5.32 Å². The van der Waals surface area contributed by atoms with Crippen LogP contribution in [0.3, 0.4) is 0 Å². The Kier molecular flexibility index (Phi) is 4.73. The van der Waals surface area contributed by atoms with Crippen LogP contribution in [0.4, 0.5) is 5.82 Å². The van der Waals surface area contributed by atoms with Gasteiger partial charge in [-0.2, -0.15) is 11.8 Å². The average Bonchev–Trinajstić information content (AvgIpc) is 2.96. The molecule has 0 spiro atoms. The SMILES string of the molecule is CCNc1nc(C2SCCSC2CC)nc2sccc12. The van der Waals surface area contributed by atoms with Crippen LogP contribution in [0.25, 0.3) is 10.2 Å². The second kappa shape index (κ2) is 6.54. The number of fused-ring (bicyclic) bond motifs is 1. The van der Waals surface area contributed by atoms with Gasteiger partial charge in [-0.25, -0.2) is 9.97 Å². The van der Waals surface area contributed by atoms with Crippen molar-refractivity contribution in [3.05, 3.63) is 17.3 Å². The second-order valence-corrected chi connectivity index (χ2v) is 8.20. The van der Waals surface area contributed by atoms with Crippen molar-refractivity contribution in [3.8, 4) is 0 Å². The van der Waals surface area contributed by atoms with E-state index >= 15 is 0 Å². The Morgan fingerprint density at radius 3 is 2.90 bits per heavy atom. The molecule has 108 valence electrons. The zero-order valence-electron chi connectivity index (χ0n) is 11.8. The van der Waals surface area contributed by atoms with Gasteiger partial charge in [0.05, 0.1) is 10.6 Å². The van der Waals surface area contributed by atoms with Crippen LogP contribution in [0.5, 0.6) is 0 Å². The number of thioether (sulfide) groups is 2. The molecule has 2 aromatic rings. The Balaban J connectivity index is 2.01. The molecule has 1 aliphatic rings. The molecular weight excluding hydrogens is 306 g/mol. The zero-order valence-corrected chi connectivity index (χ0v) is 14.2. The molecule has 2 unspecified atom stereocenters. The minimum absolute atomic E-state index is 0.433. The van der Waals surface area contributed by atoms with E-state index in [1.54, 1.807) is 11.3 Å². The molecule has 0 saturated carbocycles. The summed E-state index contributed by atoms with van der Waals surface area (Å²) >= 11 is 5.80. The van der Waals surface area contributed by atoms with Gasteiger partial charge in [0.25, 0.3) is 0 Å². The molecule has 0 aromatic carbocycles. The van der Waals surface area contributed by atoms with Gasteiger partial charge in [-0.1, -0.05) is 6.92 Å². The first-order valence-electron chi connectivity index (χ1n) is 7.05. The van der Waals surface area contributed by atoms with Crippen molar-refractivity contribution in [3.63, 3.8) is 0 Å². The monoisotopic (exact) mass is 325 g/mol. The van der Waals surface area contributed by atoms with Gasteiger partial charge in [0.2, 0.25) is 0 Å². The summed E-state index contributed by atoms with van der Waals surface area (Å²) in [4.78, 5) is 10.8. The lowest BCUT2D eigenvalue weighted by Gasteiger charge is -2.28. The van der Waals surface area contributed by atoms with Crippen molar-refractivity contribution in [2.75, 3.05) is 23.4 Å². The molecule has 0 bridgehead atoms. The molecule has 0 amide bonds. The number of anilines is 1. The molecule has 2 aromatic heterocycles. The molecule has 3 nitrogen and oxygen atoms in total. The third-order valence-electron chi connectivity index (χ3n) is 3.39. The summed E-state index contributed by atoms with van der Waals surface area (Å²) in [5.41, 5.74) is 0. The van der Waals surface area contributed by atoms with Crippen molar-refractivity contribution in [2.24, 2.45) is 0 Å². The number of thiophene rings is 1. The van der Waals surface area contributed by atoms with Crippen LogP contribution in [0.1, 0.15) is 31.3 Å². The summed E-state index contributed by atoms with van der Waals surface area (Å²) in [6, 6.07) is 2.11. The van der Waals surface area contributed by atoms with E-state index < -0.39 is 0 Å². The number of aromatic nitrogens is 2. The standard InChI is InChI=1S/C14H19N3S3/c1-3-10-11(19-8-7-18-10)13-16-12(15-4-2)9-5-6-20-14(9)17-13/h5-6,10-11H,3-4,7-8H2,1-2H3,(H,15,16,17). The van der Waals surface area contributed by atoms with Crippen LogP contribution < -0.4 is 5.32 Å². The molecule has 3 heterocycles. The van der Waals surface area contributed by atoms with Gasteiger partial charge >= 0.3 is 0 Å². The number of nitrogens with one attached hydrogen (secondary N) is 1. The van der Waals surface area contributed by atoms with E-state index in [0.29, 0.717) is 10.5 Å². The number of hydrogen-bond donors (Lipinski definition) is 1. The van der Waals surface area contributed by atoms with Gasteiger partial charge in [-0.3, -0.25) is 0 Å². The van der Waals surface area contributed by atoms with Crippen LogP contribution >= 0.6 is 34.9 Å². The predicted molar refractivity (Wildman–Crippen MR) is 93.3 cm³/mol. The maximum atomic E-state index is 4.84. The number of nitrogens with zero attached hydrogens (tertiary/aromatic N) is 2. The first-order chi connectivity index (χ1) is 9.83. The largest absolute Gasteiger partial charge is 0.370 e. The summed E-state index contributed by atoms with van der Waals surface area (Å²) in [6.45, 7) is 5.27. The van der Waals surface area contributed by atoms with Crippen molar-refractivity contribution in [2.45, 2.75) is 30.8 Å². The molecule has 0 radical (unpaired) electrons. The maximum Gasteiger partial charge on any atom is 0.146 e. The molecule has 3 rings (SSSR count). The van der Waals surface area contributed by atoms with Crippen LogP contribution in [0.2, 0.25) is 0 Å². The highest BCUT2D eigenvalue weighted by atomic mass is 32.2. The summed E-state index contributed by atoms with van der Waals surface area (Å²) in [5, 5.41) is 7.72. The van der Waals surface area contributed by atoms with E-state index in [1.165, 1.54) is 17.9 Å². The molecule has 1 aliphatic heterocycles. The summed E-state index contributed by atoms with van der Waals surface area (Å²) in [7, 11) is 0. The van der Waals surface area contributed by atoms with Gasteiger partial charge in [0.1, 0.15) is 16.5 Å². The fourth-order valence-electron chi connectivity index (χ4n) is 2.44. The van der Waals surface area contributed by atoms with Crippen molar-refractivity contribution in [1.29, 1.82) is 0 Å². The highest BCUT2D eigenvalue weighted by Crippen LogP contribution is 2.43. The highest BCUT2D eigenvalue weighted by Gasteiger charge is 2.29. The molecule has 1 N–H and O–H groups in total. The van der Waals surface area contributed by atoms with Crippen LogP contribution in [0, 0.1) is 0 Å². The van der Waals surface area contributed by atoms with Crippen LogP contribution in [0.15, 0.2) is 11.4 Å². The Morgan fingerprint density at radius 1 is 1.25 bits per heavy atom. The average molecular weight is 326 g/mol. The van der Waals surface area contributed by atoms with E-state index in [9.17, 15) is 0 Å². The predicted octanol–water partition coefficient (Wildman–Crippen LogP) is 4.42. The first-order valence-corrected chi connectivity index (χ1v) is 10.0. The number of rotatable bonds is 4. The Hall–Kier alpha value is -0.460. The third-order valence-corrected chi connectivity index (χ3v) is 7.44. The van der Waals surface area contributed by atoms with Crippen LogP contribution in [-0.4, -0.2) is 33.3 Å². The Morgan fingerprint density at radius 2 is 2.10 bits per heavy atom. The van der Waals surface area contributed by atoms with Gasteiger partial charge in [-0.15, -0.1) is 23.1 Å². The first kappa shape index (κ1) is 14.5. The molecule has 1 saturated heterocycles. The minimum atomic E-state index is 0.433.